The Morgan fingerprint density at radius 2 is 2.33 bits per heavy atom. The number of rotatable bonds is 3. The van der Waals surface area contributed by atoms with Crippen LogP contribution in [0.2, 0.25) is 0 Å². The Balaban J connectivity index is 2.35. The molecule has 2 N–H and O–H groups in total. The molecule has 0 aromatic carbocycles. The van der Waals surface area contributed by atoms with Crippen molar-refractivity contribution in [1.29, 1.82) is 0 Å². The van der Waals surface area contributed by atoms with Gasteiger partial charge in [0, 0.05) is 22.1 Å². The standard InChI is InChI=1S/C11H15IN2O4/c1-2-6-4-14(11(17)13-10(6)16)9-3-7(12)8(5-15)18-9/h4,7-9,15H,2-3,5H2,1H3,(H,13,16,17)/t7-,8+,9+/m0/s1. The van der Waals surface area contributed by atoms with Crippen molar-refractivity contribution in [2.75, 3.05) is 6.61 Å². The van der Waals surface area contributed by atoms with Crippen LogP contribution in [0.25, 0.3) is 0 Å². The summed E-state index contributed by atoms with van der Waals surface area (Å²) in [5.74, 6) is 0. The van der Waals surface area contributed by atoms with Gasteiger partial charge in [-0.2, -0.15) is 0 Å². The van der Waals surface area contributed by atoms with E-state index in [4.69, 9.17) is 9.84 Å². The van der Waals surface area contributed by atoms with Gasteiger partial charge in [-0.3, -0.25) is 14.3 Å². The molecular weight excluding hydrogens is 351 g/mol. The first-order valence-corrected chi connectivity index (χ1v) is 7.06. The summed E-state index contributed by atoms with van der Waals surface area (Å²) in [6.45, 7) is 1.79. The zero-order chi connectivity index (χ0) is 13.3. The molecule has 1 aromatic heterocycles. The largest absolute Gasteiger partial charge is 0.394 e. The van der Waals surface area contributed by atoms with Crippen LogP contribution in [0.5, 0.6) is 0 Å². The summed E-state index contributed by atoms with van der Waals surface area (Å²) in [7, 11) is 0. The highest BCUT2D eigenvalue weighted by atomic mass is 127. The zero-order valence-electron chi connectivity index (χ0n) is 9.93. The minimum Gasteiger partial charge on any atom is -0.394 e. The molecular formula is C11H15IN2O4. The van der Waals surface area contributed by atoms with Gasteiger partial charge in [-0.1, -0.05) is 29.5 Å². The van der Waals surface area contributed by atoms with Gasteiger partial charge in [0.1, 0.15) is 6.23 Å². The summed E-state index contributed by atoms with van der Waals surface area (Å²) in [6, 6.07) is 0. The third kappa shape index (κ3) is 2.52. The molecule has 0 unspecified atom stereocenters. The van der Waals surface area contributed by atoms with Crippen LogP contribution in [0.4, 0.5) is 0 Å². The number of hydrogen-bond donors (Lipinski definition) is 2. The number of aromatic amines is 1. The van der Waals surface area contributed by atoms with Crippen LogP contribution in [0.1, 0.15) is 25.1 Å². The SMILES string of the molecule is CCc1cn([C@H]2C[C@H](I)[C@@H](CO)O2)c(=O)[nH]c1=O. The summed E-state index contributed by atoms with van der Waals surface area (Å²) in [4.78, 5) is 25.5. The molecule has 0 spiro atoms. The number of halogens is 1. The highest BCUT2D eigenvalue weighted by molar-refractivity contribution is 14.1. The van der Waals surface area contributed by atoms with E-state index in [1.165, 1.54) is 4.57 Å². The molecule has 18 heavy (non-hydrogen) atoms. The van der Waals surface area contributed by atoms with E-state index in [9.17, 15) is 9.59 Å². The Labute approximate surface area is 117 Å². The van der Waals surface area contributed by atoms with Crippen LogP contribution in [-0.4, -0.2) is 31.3 Å². The van der Waals surface area contributed by atoms with Gasteiger partial charge in [-0.25, -0.2) is 4.79 Å². The Morgan fingerprint density at radius 3 is 2.89 bits per heavy atom. The first kappa shape index (κ1) is 13.8. The van der Waals surface area contributed by atoms with Crippen molar-refractivity contribution in [2.24, 2.45) is 0 Å². The third-order valence-corrected chi connectivity index (χ3v) is 4.39. The molecule has 1 aliphatic rings. The Bertz CT molecular complexity index is 539. The minimum atomic E-state index is -0.468. The number of nitrogens with one attached hydrogen (secondary N) is 1. The van der Waals surface area contributed by atoms with Gasteiger partial charge in [0.2, 0.25) is 0 Å². The van der Waals surface area contributed by atoms with Crippen molar-refractivity contribution in [1.82, 2.24) is 9.55 Å². The second-order valence-electron chi connectivity index (χ2n) is 4.24. The first-order chi connectivity index (χ1) is 8.56. The average Bonchev–Trinajstić information content (AvgIpc) is 2.70. The second-order valence-corrected chi connectivity index (χ2v) is 5.84. The topological polar surface area (TPSA) is 84.3 Å². The lowest BCUT2D eigenvalue weighted by molar-refractivity contribution is -0.0232. The molecule has 0 radical (unpaired) electrons. The number of alkyl halides is 1. The highest BCUT2D eigenvalue weighted by Crippen LogP contribution is 2.32. The normalized spacial score (nSPS) is 27.6. The minimum absolute atomic E-state index is 0.0666. The number of aliphatic hydroxyl groups excluding tert-OH is 1. The summed E-state index contributed by atoms with van der Waals surface area (Å²) in [5, 5.41) is 9.14. The van der Waals surface area contributed by atoms with Crippen molar-refractivity contribution in [3.8, 4) is 0 Å². The van der Waals surface area contributed by atoms with E-state index in [1.807, 2.05) is 6.92 Å². The predicted octanol–water partition coefficient (Wildman–Crippen LogP) is 0.182. The number of nitrogens with zero attached hydrogens (tertiary/aromatic N) is 1. The number of aliphatic hydroxyl groups is 1. The van der Waals surface area contributed by atoms with Gasteiger partial charge in [0.15, 0.2) is 0 Å². The van der Waals surface area contributed by atoms with Gasteiger partial charge in [0.25, 0.3) is 5.56 Å². The quantitative estimate of drug-likeness (QED) is 0.591. The molecule has 0 aliphatic carbocycles. The fraction of sp³-hybridized carbons (Fsp3) is 0.636. The van der Waals surface area contributed by atoms with E-state index >= 15 is 0 Å². The average molecular weight is 366 g/mol. The summed E-state index contributed by atoms with van der Waals surface area (Å²) < 4.78 is 7.17. The first-order valence-electron chi connectivity index (χ1n) is 5.81. The Hall–Kier alpha value is -0.670. The van der Waals surface area contributed by atoms with E-state index in [1.54, 1.807) is 6.20 Å². The van der Waals surface area contributed by atoms with Gasteiger partial charge >= 0.3 is 5.69 Å². The van der Waals surface area contributed by atoms with E-state index in [0.717, 1.165) is 0 Å². The van der Waals surface area contributed by atoms with Crippen LogP contribution >= 0.6 is 22.6 Å². The van der Waals surface area contributed by atoms with Gasteiger partial charge in [-0.05, 0) is 6.42 Å². The van der Waals surface area contributed by atoms with Crippen LogP contribution < -0.4 is 11.2 Å². The molecule has 6 nitrogen and oxygen atoms in total. The van der Waals surface area contributed by atoms with Gasteiger partial charge in [-0.15, -0.1) is 0 Å². The van der Waals surface area contributed by atoms with Crippen molar-refractivity contribution in [3.05, 3.63) is 32.6 Å². The van der Waals surface area contributed by atoms with Crippen LogP contribution in [0.3, 0.4) is 0 Å². The molecule has 100 valence electrons. The molecule has 2 rings (SSSR count). The Kier molecular flexibility index (Phi) is 4.23. The van der Waals surface area contributed by atoms with Crippen molar-refractivity contribution in [2.45, 2.75) is 36.0 Å². The molecule has 7 heteroatoms. The van der Waals surface area contributed by atoms with Crippen molar-refractivity contribution >= 4 is 22.6 Å². The smallest absolute Gasteiger partial charge is 0.330 e. The van der Waals surface area contributed by atoms with E-state index in [2.05, 4.69) is 27.6 Å². The summed E-state index contributed by atoms with van der Waals surface area (Å²) in [5.41, 5.74) is -0.262. The fourth-order valence-electron chi connectivity index (χ4n) is 2.02. The van der Waals surface area contributed by atoms with E-state index < -0.39 is 11.9 Å². The van der Waals surface area contributed by atoms with Gasteiger partial charge < -0.3 is 9.84 Å². The molecule has 3 atom stereocenters. The highest BCUT2D eigenvalue weighted by Gasteiger charge is 2.34. The van der Waals surface area contributed by atoms with Crippen molar-refractivity contribution < 1.29 is 9.84 Å². The third-order valence-electron chi connectivity index (χ3n) is 3.07. The zero-order valence-corrected chi connectivity index (χ0v) is 12.1. The monoisotopic (exact) mass is 366 g/mol. The molecule has 2 heterocycles. The lowest BCUT2D eigenvalue weighted by Crippen LogP contribution is -2.34. The van der Waals surface area contributed by atoms with E-state index in [0.29, 0.717) is 18.4 Å². The van der Waals surface area contributed by atoms with Gasteiger partial charge in [0.05, 0.1) is 12.7 Å². The fourth-order valence-corrected chi connectivity index (χ4v) is 2.85. The van der Waals surface area contributed by atoms with Crippen LogP contribution in [-0.2, 0) is 11.2 Å². The number of ether oxygens (including phenoxy) is 1. The molecule has 0 bridgehead atoms. The van der Waals surface area contributed by atoms with Crippen LogP contribution in [0, 0.1) is 0 Å². The maximum Gasteiger partial charge on any atom is 0.330 e. The maximum absolute atomic E-state index is 11.8. The number of aromatic nitrogens is 2. The molecule has 1 aliphatic heterocycles. The number of H-pyrrole nitrogens is 1. The molecule has 0 amide bonds. The van der Waals surface area contributed by atoms with Crippen molar-refractivity contribution in [3.63, 3.8) is 0 Å². The number of hydrogen-bond acceptors (Lipinski definition) is 4. The Morgan fingerprint density at radius 1 is 1.61 bits per heavy atom. The summed E-state index contributed by atoms with van der Waals surface area (Å²) >= 11 is 2.20. The lowest BCUT2D eigenvalue weighted by atomic mass is 10.2. The predicted molar refractivity (Wildman–Crippen MR) is 74.1 cm³/mol. The molecule has 1 aromatic rings. The second kappa shape index (κ2) is 5.54. The van der Waals surface area contributed by atoms with E-state index in [-0.39, 0.29) is 22.2 Å². The molecule has 1 saturated heterocycles. The number of aryl methyl sites for hydroxylation is 1. The molecule has 1 fully saturated rings. The van der Waals surface area contributed by atoms with Crippen LogP contribution in [0.15, 0.2) is 15.8 Å². The lowest BCUT2D eigenvalue weighted by Gasteiger charge is -2.15. The molecule has 0 saturated carbocycles. The summed E-state index contributed by atoms with van der Waals surface area (Å²) in [6.07, 6.45) is 2.06. The maximum atomic E-state index is 11.8.